The highest BCUT2D eigenvalue weighted by molar-refractivity contribution is 9.10. The highest BCUT2D eigenvalue weighted by Gasteiger charge is 2.21. The Morgan fingerprint density at radius 1 is 1.10 bits per heavy atom. The first-order chi connectivity index (χ1) is 14.0. The lowest BCUT2D eigenvalue weighted by Gasteiger charge is -2.34. The van der Waals surface area contributed by atoms with Gasteiger partial charge in [-0.25, -0.2) is 9.78 Å². The van der Waals surface area contributed by atoms with E-state index in [1.165, 1.54) is 4.90 Å². The molecule has 4 rings (SSSR count). The number of imidazole rings is 1. The number of halogens is 1. The molecule has 0 atom stereocenters. The van der Waals surface area contributed by atoms with E-state index in [1.807, 2.05) is 41.1 Å². The zero-order chi connectivity index (χ0) is 20.5. The number of aromatic nitrogens is 2. The summed E-state index contributed by atoms with van der Waals surface area (Å²) in [4.78, 5) is 19.5. The summed E-state index contributed by atoms with van der Waals surface area (Å²) in [5, 5.41) is 9.12. The van der Waals surface area contributed by atoms with Crippen molar-refractivity contribution in [3.8, 4) is 22.8 Å². The van der Waals surface area contributed by atoms with Gasteiger partial charge in [0.25, 0.3) is 0 Å². The Morgan fingerprint density at radius 2 is 1.83 bits per heavy atom. The Hall–Kier alpha value is -2.94. The fourth-order valence-electron chi connectivity index (χ4n) is 3.51. The Kier molecular flexibility index (Phi) is 5.23. The normalized spacial score (nSPS) is 14.3. The molecule has 1 aliphatic rings. The first-order valence-electron chi connectivity index (χ1n) is 9.13. The maximum Gasteiger partial charge on any atom is 0.407 e. The van der Waals surface area contributed by atoms with Gasteiger partial charge in [-0.15, -0.1) is 0 Å². The second-order valence-electron chi connectivity index (χ2n) is 6.72. The average Bonchev–Trinajstić information content (AvgIpc) is 3.16. The van der Waals surface area contributed by atoms with Crippen LogP contribution in [0.4, 0.5) is 10.5 Å². The summed E-state index contributed by atoms with van der Waals surface area (Å²) < 4.78 is 13.7. The molecule has 0 saturated carbocycles. The third kappa shape index (κ3) is 3.69. The molecule has 3 heterocycles. The molecule has 1 fully saturated rings. The second kappa shape index (κ2) is 7.82. The molecule has 0 aliphatic carbocycles. The van der Waals surface area contributed by atoms with Crippen LogP contribution >= 0.6 is 15.9 Å². The minimum atomic E-state index is -0.863. The van der Waals surface area contributed by atoms with Crippen LogP contribution in [0.25, 0.3) is 16.9 Å². The molecule has 2 aromatic heterocycles. The predicted molar refractivity (Wildman–Crippen MR) is 113 cm³/mol. The van der Waals surface area contributed by atoms with Gasteiger partial charge in [-0.05, 0) is 28.1 Å². The summed E-state index contributed by atoms with van der Waals surface area (Å²) in [6.45, 7) is 2.32. The Morgan fingerprint density at radius 3 is 2.48 bits per heavy atom. The Bertz CT molecular complexity index is 1060. The van der Waals surface area contributed by atoms with Gasteiger partial charge in [0, 0.05) is 62.0 Å². The molecule has 152 valence electrons. The van der Waals surface area contributed by atoms with Crippen molar-refractivity contribution in [2.24, 2.45) is 0 Å². The molecule has 3 aromatic rings. The minimum Gasteiger partial charge on any atom is -0.496 e. The minimum absolute atomic E-state index is 0.497. The fourth-order valence-corrected chi connectivity index (χ4v) is 4.02. The van der Waals surface area contributed by atoms with Gasteiger partial charge in [-0.3, -0.25) is 0 Å². The maximum absolute atomic E-state index is 11.1. The Balaban J connectivity index is 1.65. The van der Waals surface area contributed by atoms with Crippen LogP contribution in [0.5, 0.6) is 11.5 Å². The van der Waals surface area contributed by atoms with Crippen molar-refractivity contribution in [3.63, 3.8) is 0 Å². The molecular weight excluding hydrogens is 440 g/mol. The van der Waals surface area contributed by atoms with Gasteiger partial charge in [0.15, 0.2) is 0 Å². The number of pyridine rings is 1. The molecule has 1 amide bonds. The molecule has 8 nitrogen and oxygen atoms in total. The van der Waals surface area contributed by atoms with Crippen LogP contribution in [0.1, 0.15) is 0 Å². The zero-order valence-electron chi connectivity index (χ0n) is 16.1. The number of hydrogen-bond acceptors (Lipinski definition) is 5. The van der Waals surface area contributed by atoms with E-state index < -0.39 is 6.09 Å². The van der Waals surface area contributed by atoms with Gasteiger partial charge in [0.05, 0.1) is 24.4 Å². The van der Waals surface area contributed by atoms with E-state index in [-0.39, 0.29) is 0 Å². The van der Waals surface area contributed by atoms with E-state index in [0.717, 1.165) is 27.1 Å². The number of carboxylic acid groups (broad SMARTS) is 1. The number of ether oxygens (including phenoxy) is 2. The van der Waals surface area contributed by atoms with Crippen LogP contribution in [-0.2, 0) is 0 Å². The zero-order valence-corrected chi connectivity index (χ0v) is 17.7. The van der Waals surface area contributed by atoms with Crippen LogP contribution < -0.4 is 14.4 Å². The van der Waals surface area contributed by atoms with Crippen molar-refractivity contribution in [1.82, 2.24) is 14.3 Å². The number of benzene rings is 1. The molecule has 1 aromatic carbocycles. The summed E-state index contributed by atoms with van der Waals surface area (Å²) in [5.41, 5.74) is 3.49. The number of carbonyl (C=O) groups is 1. The average molecular weight is 461 g/mol. The number of piperazine rings is 1. The van der Waals surface area contributed by atoms with E-state index in [2.05, 4.69) is 20.8 Å². The topological polar surface area (TPSA) is 79.5 Å². The molecule has 0 radical (unpaired) electrons. The van der Waals surface area contributed by atoms with Crippen LogP contribution in [0.15, 0.2) is 41.1 Å². The highest BCUT2D eigenvalue weighted by atomic mass is 79.9. The van der Waals surface area contributed by atoms with Gasteiger partial charge in [0.1, 0.15) is 17.1 Å². The molecule has 1 N–H and O–H groups in total. The SMILES string of the molecule is COc1cc(OC)c(-c2cn3ccc(N4CCN(C(=O)O)CC4)cc3n2)cc1Br. The van der Waals surface area contributed by atoms with Crippen LogP contribution in [0, 0.1) is 0 Å². The first kappa shape index (κ1) is 19.4. The first-order valence-corrected chi connectivity index (χ1v) is 9.93. The van der Waals surface area contributed by atoms with Gasteiger partial charge < -0.3 is 28.8 Å². The number of methoxy groups -OCH3 is 2. The molecular formula is C20H21BrN4O4. The summed E-state index contributed by atoms with van der Waals surface area (Å²) in [6, 6.07) is 7.81. The summed E-state index contributed by atoms with van der Waals surface area (Å²) in [5.74, 6) is 1.37. The van der Waals surface area contributed by atoms with Crippen molar-refractivity contribution in [3.05, 3.63) is 41.1 Å². The third-order valence-corrected chi connectivity index (χ3v) is 5.73. The number of hydrogen-bond donors (Lipinski definition) is 1. The standard InChI is InChI=1S/C20H21BrN4O4/c1-28-17-11-18(29-2)15(21)10-14(17)16-12-25-4-3-13(9-19(25)22-16)23-5-7-24(8-6-23)20(26)27/h3-4,9-12H,5-8H2,1-2H3,(H,26,27). The molecule has 1 aliphatic heterocycles. The summed E-state index contributed by atoms with van der Waals surface area (Å²) >= 11 is 3.52. The lowest BCUT2D eigenvalue weighted by atomic mass is 10.1. The fraction of sp³-hybridized carbons (Fsp3) is 0.300. The number of fused-ring (bicyclic) bond motifs is 1. The third-order valence-electron chi connectivity index (χ3n) is 5.11. The van der Waals surface area contributed by atoms with Crippen molar-refractivity contribution in [1.29, 1.82) is 0 Å². The molecule has 1 saturated heterocycles. The molecule has 0 bridgehead atoms. The summed E-state index contributed by atoms with van der Waals surface area (Å²) in [6.07, 6.45) is 3.06. The molecule has 9 heteroatoms. The van der Waals surface area contributed by atoms with E-state index >= 15 is 0 Å². The number of rotatable bonds is 4. The predicted octanol–water partition coefficient (Wildman–Crippen LogP) is 3.58. The van der Waals surface area contributed by atoms with Crippen LogP contribution in [0.2, 0.25) is 0 Å². The van der Waals surface area contributed by atoms with Crippen molar-refractivity contribution in [2.45, 2.75) is 0 Å². The van der Waals surface area contributed by atoms with E-state index in [1.54, 1.807) is 14.2 Å². The smallest absolute Gasteiger partial charge is 0.407 e. The van der Waals surface area contributed by atoms with E-state index in [0.29, 0.717) is 37.7 Å². The second-order valence-corrected chi connectivity index (χ2v) is 7.57. The van der Waals surface area contributed by atoms with Gasteiger partial charge in [-0.2, -0.15) is 0 Å². The quantitative estimate of drug-likeness (QED) is 0.640. The lowest BCUT2D eigenvalue weighted by molar-refractivity contribution is 0.142. The van der Waals surface area contributed by atoms with E-state index in [9.17, 15) is 4.79 Å². The number of anilines is 1. The van der Waals surface area contributed by atoms with Crippen LogP contribution in [-0.4, -0.2) is 65.9 Å². The van der Waals surface area contributed by atoms with Crippen molar-refractivity contribution >= 4 is 33.4 Å². The number of nitrogens with zero attached hydrogens (tertiary/aromatic N) is 4. The van der Waals surface area contributed by atoms with Crippen molar-refractivity contribution in [2.75, 3.05) is 45.3 Å². The largest absolute Gasteiger partial charge is 0.496 e. The summed E-state index contributed by atoms with van der Waals surface area (Å²) in [7, 11) is 3.23. The molecule has 29 heavy (non-hydrogen) atoms. The monoisotopic (exact) mass is 460 g/mol. The van der Waals surface area contributed by atoms with Crippen LogP contribution in [0.3, 0.4) is 0 Å². The maximum atomic E-state index is 11.1. The lowest BCUT2D eigenvalue weighted by Crippen LogP contribution is -2.48. The highest BCUT2D eigenvalue weighted by Crippen LogP contribution is 2.38. The van der Waals surface area contributed by atoms with Gasteiger partial charge in [0.2, 0.25) is 0 Å². The molecule has 0 unspecified atom stereocenters. The van der Waals surface area contributed by atoms with Gasteiger partial charge >= 0.3 is 6.09 Å². The number of amides is 1. The van der Waals surface area contributed by atoms with Crippen molar-refractivity contribution < 1.29 is 19.4 Å². The molecule has 0 spiro atoms. The van der Waals surface area contributed by atoms with Gasteiger partial charge in [-0.1, -0.05) is 0 Å². The van der Waals surface area contributed by atoms with E-state index in [4.69, 9.17) is 19.6 Å². The Labute approximate surface area is 176 Å².